The van der Waals surface area contributed by atoms with Gasteiger partial charge in [-0.2, -0.15) is 0 Å². The zero-order valence-corrected chi connectivity index (χ0v) is 19.0. The van der Waals surface area contributed by atoms with Crippen molar-refractivity contribution in [3.05, 3.63) is 71.3 Å². The number of hydrogen-bond donors (Lipinski definition) is 2. The van der Waals surface area contributed by atoms with Gasteiger partial charge in [0.1, 0.15) is 0 Å². The summed E-state index contributed by atoms with van der Waals surface area (Å²) in [5.74, 6) is 0.717. The Morgan fingerprint density at radius 1 is 1.00 bits per heavy atom. The number of carbonyl (C=O) groups is 1. The Bertz CT molecular complexity index is 734. The average molecular weight is 496 g/mol. The van der Waals surface area contributed by atoms with E-state index in [4.69, 9.17) is 4.74 Å². The maximum atomic E-state index is 11.9. The minimum Gasteiger partial charge on any atom is -0.375 e. The predicted molar refractivity (Wildman–Crippen MR) is 124 cm³/mol. The summed E-state index contributed by atoms with van der Waals surface area (Å²) in [4.78, 5) is 17.7. The zero-order chi connectivity index (χ0) is 19.5. The van der Waals surface area contributed by atoms with Gasteiger partial charge >= 0.3 is 0 Å². The number of hydrogen-bond acceptors (Lipinski definition) is 3. The molecule has 0 atom stereocenters. The standard InChI is InChI=1S/C21H28N4O2.HI/c1-22-21(23-13-14-27-16-18-7-5-4-6-8-18)24-15-17-9-11-19(12-10-17)20(26)25(2)3;/h4-12H,13-16H2,1-3H3,(H2,22,23,24);1H. The Labute approximate surface area is 184 Å². The third-order valence-corrected chi connectivity index (χ3v) is 3.94. The van der Waals surface area contributed by atoms with Gasteiger partial charge in [0, 0.05) is 39.8 Å². The summed E-state index contributed by atoms with van der Waals surface area (Å²) in [5, 5.41) is 6.48. The largest absolute Gasteiger partial charge is 0.375 e. The van der Waals surface area contributed by atoms with Crippen LogP contribution in [0.2, 0.25) is 0 Å². The van der Waals surface area contributed by atoms with Gasteiger partial charge in [-0.3, -0.25) is 9.79 Å². The quantitative estimate of drug-likeness (QED) is 0.255. The van der Waals surface area contributed by atoms with Crippen molar-refractivity contribution >= 4 is 35.8 Å². The van der Waals surface area contributed by atoms with Gasteiger partial charge in [0.05, 0.1) is 13.2 Å². The number of carbonyl (C=O) groups excluding carboxylic acids is 1. The Morgan fingerprint density at radius 3 is 2.29 bits per heavy atom. The van der Waals surface area contributed by atoms with Crippen molar-refractivity contribution in [1.29, 1.82) is 0 Å². The van der Waals surface area contributed by atoms with Crippen LogP contribution in [0.25, 0.3) is 0 Å². The summed E-state index contributed by atoms with van der Waals surface area (Å²) in [6.45, 7) is 2.49. The topological polar surface area (TPSA) is 66.0 Å². The first-order valence-corrected chi connectivity index (χ1v) is 8.97. The first-order valence-electron chi connectivity index (χ1n) is 8.97. The Hall–Kier alpha value is -2.13. The molecular weight excluding hydrogens is 467 g/mol. The molecule has 2 aromatic carbocycles. The van der Waals surface area contributed by atoms with Crippen molar-refractivity contribution < 1.29 is 9.53 Å². The van der Waals surface area contributed by atoms with Crippen molar-refractivity contribution in [2.75, 3.05) is 34.3 Å². The third kappa shape index (κ3) is 8.26. The summed E-state index contributed by atoms with van der Waals surface area (Å²) in [6, 6.07) is 17.7. The summed E-state index contributed by atoms with van der Waals surface area (Å²) in [5.41, 5.74) is 2.92. The summed E-state index contributed by atoms with van der Waals surface area (Å²) in [6.07, 6.45) is 0. The zero-order valence-electron chi connectivity index (χ0n) is 16.6. The van der Waals surface area contributed by atoms with Gasteiger partial charge < -0.3 is 20.3 Å². The van der Waals surface area contributed by atoms with E-state index in [9.17, 15) is 4.79 Å². The SMILES string of the molecule is CN=C(NCCOCc1ccccc1)NCc1ccc(C(=O)N(C)C)cc1.I. The number of nitrogens with one attached hydrogen (secondary N) is 2. The second kappa shape index (κ2) is 13.1. The van der Waals surface area contributed by atoms with Crippen molar-refractivity contribution in [3.63, 3.8) is 0 Å². The highest BCUT2D eigenvalue weighted by atomic mass is 127. The van der Waals surface area contributed by atoms with Crippen LogP contribution < -0.4 is 10.6 Å². The van der Waals surface area contributed by atoms with Gasteiger partial charge in [-0.05, 0) is 23.3 Å². The molecule has 6 nitrogen and oxygen atoms in total. The minimum atomic E-state index is 0. The van der Waals surface area contributed by atoms with Gasteiger partial charge in [-0.25, -0.2) is 0 Å². The van der Waals surface area contributed by atoms with Crippen molar-refractivity contribution in [1.82, 2.24) is 15.5 Å². The van der Waals surface area contributed by atoms with Crippen LogP contribution in [0.3, 0.4) is 0 Å². The fourth-order valence-corrected chi connectivity index (χ4v) is 2.44. The smallest absolute Gasteiger partial charge is 0.253 e. The lowest BCUT2D eigenvalue weighted by molar-refractivity contribution is 0.0827. The summed E-state index contributed by atoms with van der Waals surface area (Å²) < 4.78 is 5.65. The lowest BCUT2D eigenvalue weighted by Crippen LogP contribution is -2.38. The number of halogens is 1. The third-order valence-electron chi connectivity index (χ3n) is 3.94. The molecule has 2 aromatic rings. The molecule has 0 radical (unpaired) electrons. The predicted octanol–water partition coefficient (Wildman–Crippen LogP) is 2.89. The van der Waals surface area contributed by atoms with Crippen LogP contribution in [-0.2, 0) is 17.9 Å². The molecular formula is C21H29IN4O2. The van der Waals surface area contributed by atoms with Crippen molar-refractivity contribution in [3.8, 4) is 0 Å². The molecule has 7 heteroatoms. The second-order valence-corrected chi connectivity index (χ2v) is 6.29. The molecule has 28 heavy (non-hydrogen) atoms. The van der Waals surface area contributed by atoms with E-state index in [2.05, 4.69) is 15.6 Å². The monoisotopic (exact) mass is 496 g/mol. The number of aliphatic imine (C=N–C) groups is 1. The molecule has 2 N–H and O–H groups in total. The molecule has 0 saturated heterocycles. The van der Waals surface area contributed by atoms with Crippen LogP contribution in [0, 0.1) is 0 Å². The van der Waals surface area contributed by atoms with E-state index in [1.165, 1.54) is 0 Å². The molecule has 0 aliphatic rings. The van der Waals surface area contributed by atoms with Gasteiger partial charge in [0.15, 0.2) is 5.96 Å². The van der Waals surface area contributed by atoms with Crippen LogP contribution >= 0.6 is 24.0 Å². The lowest BCUT2D eigenvalue weighted by atomic mass is 10.1. The van der Waals surface area contributed by atoms with E-state index in [0.29, 0.717) is 37.8 Å². The molecule has 0 spiro atoms. The van der Waals surface area contributed by atoms with E-state index in [1.54, 1.807) is 26.0 Å². The lowest BCUT2D eigenvalue weighted by Gasteiger charge is -2.13. The molecule has 0 aliphatic heterocycles. The van der Waals surface area contributed by atoms with E-state index in [1.807, 2.05) is 54.6 Å². The number of benzene rings is 2. The van der Waals surface area contributed by atoms with Crippen LogP contribution in [-0.4, -0.2) is 51.1 Å². The molecule has 152 valence electrons. The summed E-state index contributed by atoms with van der Waals surface area (Å²) in [7, 11) is 5.23. The molecule has 0 aliphatic carbocycles. The van der Waals surface area contributed by atoms with E-state index >= 15 is 0 Å². The van der Waals surface area contributed by atoms with Gasteiger partial charge in [0.25, 0.3) is 5.91 Å². The van der Waals surface area contributed by atoms with Gasteiger partial charge in [-0.15, -0.1) is 24.0 Å². The molecule has 2 rings (SSSR count). The Balaban J connectivity index is 0.00000392. The number of guanidine groups is 1. The van der Waals surface area contributed by atoms with E-state index in [-0.39, 0.29) is 29.9 Å². The number of nitrogens with zero attached hydrogens (tertiary/aromatic N) is 2. The number of amides is 1. The van der Waals surface area contributed by atoms with Crippen LogP contribution in [0.1, 0.15) is 21.5 Å². The molecule has 0 fully saturated rings. The van der Waals surface area contributed by atoms with Crippen LogP contribution in [0.15, 0.2) is 59.6 Å². The van der Waals surface area contributed by atoms with E-state index in [0.717, 1.165) is 11.1 Å². The molecule has 0 saturated carbocycles. The minimum absolute atomic E-state index is 0. The molecule has 0 bridgehead atoms. The molecule has 0 heterocycles. The van der Waals surface area contributed by atoms with Crippen LogP contribution in [0.4, 0.5) is 0 Å². The summed E-state index contributed by atoms with van der Waals surface area (Å²) >= 11 is 0. The number of rotatable bonds is 8. The normalized spacial score (nSPS) is 10.8. The Morgan fingerprint density at radius 2 is 1.68 bits per heavy atom. The fraction of sp³-hybridized carbons (Fsp3) is 0.333. The highest BCUT2D eigenvalue weighted by Crippen LogP contribution is 2.06. The molecule has 0 unspecified atom stereocenters. The highest BCUT2D eigenvalue weighted by molar-refractivity contribution is 14.0. The van der Waals surface area contributed by atoms with Crippen molar-refractivity contribution in [2.45, 2.75) is 13.2 Å². The Kier molecular flexibility index (Phi) is 11.2. The van der Waals surface area contributed by atoms with Gasteiger partial charge in [0.2, 0.25) is 0 Å². The first kappa shape index (κ1) is 23.9. The first-order chi connectivity index (χ1) is 13.1. The highest BCUT2D eigenvalue weighted by Gasteiger charge is 2.07. The number of ether oxygens (including phenoxy) is 1. The van der Waals surface area contributed by atoms with Crippen molar-refractivity contribution in [2.24, 2.45) is 4.99 Å². The molecule has 1 amide bonds. The fourth-order valence-electron chi connectivity index (χ4n) is 2.44. The molecule has 0 aromatic heterocycles. The van der Waals surface area contributed by atoms with Crippen LogP contribution in [0.5, 0.6) is 0 Å². The maximum absolute atomic E-state index is 11.9. The van der Waals surface area contributed by atoms with Gasteiger partial charge in [-0.1, -0.05) is 42.5 Å². The second-order valence-electron chi connectivity index (χ2n) is 6.29. The van der Waals surface area contributed by atoms with E-state index < -0.39 is 0 Å². The maximum Gasteiger partial charge on any atom is 0.253 e. The average Bonchev–Trinajstić information content (AvgIpc) is 2.70.